The van der Waals surface area contributed by atoms with Gasteiger partial charge in [0.1, 0.15) is 5.75 Å². The van der Waals surface area contributed by atoms with Crippen molar-refractivity contribution in [3.63, 3.8) is 0 Å². The van der Waals surface area contributed by atoms with E-state index in [-0.39, 0.29) is 5.97 Å². The summed E-state index contributed by atoms with van der Waals surface area (Å²) in [7, 11) is 1.41. The van der Waals surface area contributed by atoms with Crippen molar-refractivity contribution in [2.75, 3.05) is 26.8 Å². The maximum atomic E-state index is 11.4. The Morgan fingerprint density at radius 1 is 1.33 bits per heavy atom. The van der Waals surface area contributed by atoms with Gasteiger partial charge in [0.2, 0.25) is 0 Å². The second-order valence-electron chi connectivity index (χ2n) is 5.15. The lowest BCUT2D eigenvalue weighted by Gasteiger charge is -2.25. The number of nitrogens with two attached hydrogens (primary N) is 1. The van der Waals surface area contributed by atoms with Crippen LogP contribution in [0.15, 0.2) is 24.3 Å². The molecule has 0 unspecified atom stereocenters. The summed E-state index contributed by atoms with van der Waals surface area (Å²) < 4.78 is 10.5. The van der Waals surface area contributed by atoms with E-state index in [1.54, 1.807) is 0 Å². The minimum absolute atomic E-state index is 0.210. The van der Waals surface area contributed by atoms with Gasteiger partial charge in [0.25, 0.3) is 0 Å². The van der Waals surface area contributed by atoms with E-state index in [1.807, 2.05) is 24.3 Å². The number of nitrogens with zero attached hydrogens (tertiary/aromatic N) is 1. The van der Waals surface area contributed by atoms with Crippen molar-refractivity contribution in [1.29, 1.82) is 0 Å². The first-order valence-corrected chi connectivity index (χ1v) is 7.30. The Labute approximate surface area is 127 Å². The average molecular weight is 294 g/mol. The van der Waals surface area contributed by atoms with Crippen LogP contribution in [0.3, 0.4) is 0 Å². The van der Waals surface area contributed by atoms with E-state index < -0.39 is 0 Å². The zero-order chi connectivity index (χ0) is 15.7. The smallest absolute Gasteiger partial charge is 0.319 e. The van der Waals surface area contributed by atoms with Gasteiger partial charge in [-0.2, -0.15) is 0 Å². The molecule has 0 radical (unpaired) electrons. The SMILES string of the molecule is COC(=O)CN(CCCOc1ccccc1CN)C(C)C. The van der Waals surface area contributed by atoms with Crippen molar-refractivity contribution in [2.45, 2.75) is 32.9 Å². The van der Waals surface area contributed by atoms with Gasteiger partial charge < -0.3 is 15.2 Å². The van der Waals surface area contributed by atoms with Crippen molar-refractivity contribution >= 4 is 5.97 Å². The third kappa shape index (κ3) is 6.14. The monoisotopic (exact) mass is 294 g/mol. The second kappa shape index (κ2) is 9.37. The lowest BCUT2D eigenvalue weighted by Crippen LogP contribution is -2.37. The molecular formula is C16H26N2O3. The lowest BCUT2D eigenvalue weighted by atomic mass is 10.2. The van der Waals surface area contributed by atoms with Crippen LogP contribution in [0.25, 0.3) is 0 Å². The molecule has 0 aliphatic heterocycles. The average Bonchev–Trinajstić information content (AvgIpc) is 2.50. The largest absolute Gasteiger partial charge is 0.493 e. The summed E-state index contributed by atoms with van der Waals surface area (Å²) in [6, 6.07) is 8.07. The Bertz CT molecular complexity index is 435. The highest BCUT2D eigenvalue weighted by Gasteiger charge is 2.13. The molecule has 1 aromatic carbocycles. The van der Waals surface area contributed by atoms with Gasteiger partial charge in [-0.25, -0.2) is 0 Å². The topological polar surface area (TPSA) is 64.8 Å². The predicted octanol–water partition coefficient (Wildman–Crippen LogP) is 1.80. The summed E-state index contributed by atoms with van der Waals surface area (Å²) in [6.45, 7) is 6.30. The highest BCUT2D eigenvalue weighted by atomic mass is 16.5. The van der Waals surface area contributed by atoms with E-state index in [0.717, 1.165) is 24.3 Å². The Morgan fingerprint density at radius 3 is 2.67 bits per heavy atom. The fourth-order valence-corrected chi connectivity index (χ4v) is 2.01. The summed E-state index contributed by atoms with van der Waals surface area (Å²) >= 11 is 0. The van der Waals surface area contributed by atoms with Gasteiger partial charge in [-0.3, -0.25) is 9.69 Å². The zero-order valence-electron chi connectivity index (χ0n) is 13.2. The predicted molar refractivity (Wildman–Crippen MR) is 83.2 cm³/mol. The number of para-hydroxylation sites is 1. The van der Waals surface area contributed by atoms with Gasteiger partial charge in [-0.05, 0) is 26.3 Å². The molecule has 1 rings (SSSR count). The van der Waals surface area contributed by atoms with Crippen molar-refractivity contribution < 1.29 is 14.3 Å². The van der Waals surface area contributed by atoms with Crippen LogP contribution in [-0.4, -0.2) is 43.7 Å². The summed E-state index contributed by atoms with van der Waals surface area (Å²) in [4.78, 5) is 13.4. The third-order valence-corrected chi connectivity index (χ3v) is 3.33. The van der Waals surface area contributed by atoms with Crippen LogP contribution in [0.5, 0.6) is 5.75 Å². The summed E-state index contributed by atoms with van der Waals surface area (Å²) in [5.74, 6) is 0.627. The van der Waals surface area contributed by atoms with E-state index in [4.69, 9.17) is 15.2 Å². The lowest BCUT2D eigenvalue weighted by molar-refractivity contribution is -0.142. The molecule has 0 atom stereocenters. The number of carbonyl (C=O) groups is 1. The van der Waals surface area contributed by atoms with E-state index in [9.17, 15) is 4.79 Å². The number of hydrogen-bond donors (Lipinski definition) is 1. The van der Waals surface area contributed by atoms with Crippen LogP contribution in [-0.2, 0) is 16.1 Å². The van der Waals surface area contributed by atoms with Crippen LogP contribution in [0.2, 0.25) is 0 Å². The van der Waals surface area contributed by atoms with E-state index in [0.29, 0.717) is 25.7 Å². The highest BCUT2D eigenvalue weighted by molar-refractivity contribution is 5.71. The van der Waals surface area contributed by atoms with Crippen LogP contribution in [0, 0.1) is 0 Å². The van der Waals surface area contributed by atoms with Crippen molar-refractivity contribution in [2.24, 2.45) is 5.73 Å². The molecule has 0 aromatic heterocycles. The Hall–Kier alpha value is -1.59. The van der Waals surface area contributed by atoms with E-state index >= 15 is 0 Å². The highest BCUT2D eigenvalue weighted by Crippen LogP contribution is 2.17. The summed E-state index contributed by atoms with van der Waals surface area (Å²) in [5.41, 5.74) is 6.68. The van der Waals surface area contributed by atoms with E-state index in [2.05, 4.69) is 18.7 Å². The molecule has 0 fully saturated rings. The van der Waals surface area contributed by atoms with Gasteiger partial charge in [-0.1, -0.05) is 18.2 Å². The molecule has 5 nitrogen and oxygen atoms in total. The number of carbonyl (C=O) groups excluding carboxylic acids is 1. The molecule has 0 bridgehead atoms. The fraction of sp³-hybridized carbons (Fsp3) is 0.562. The number of esters is 1. The number of hydrogen-bond acceptors (Lipinski definition) is 5. The maximum absolute atomic E-state index is 11.4. The molecule has 0 spiro atoms. The van der Waals surface area contributed by atoms with Crippen LogP contribution >= 0.6 is 0 Å². The zero-order valence-corrected chi connectivity index (χ0v) is 13.2. The fourth-order valence-electron chi connectivity index (χ4n) is 2.01. The van der Waals surface area contributed by atoms with Gasteiger partial charge in [0.15, 0.2) is 0 Å². The number of ether oxygens (including phenoxy) is 2. The van der Waals surface area contributed by atoms with Crippen molar-refractivity contribution in [1.82, 2.24) is 4.90 Å². The van der Waals surface area contributed by atoms with Gasteiger partial charge in [0, 0.05) is 24.7 Å². The molecule has 0 saturated carbocycles. The Balaban J connectivity index is 2.39. The first kappa shape index (κ1) is 17.5. The van der Waals surface area contributed by atoms with E-state index in [1.165, 1.54) is 7.11 Å². The van der Waals surface area contributed by atoms with Crippen molar-refractivity contribution in [3.05, 3.63) is 29.8 Å². The van der Waals surface area contributed by atoms with Crippen molar-refractivity contribution in [3.8, 4) is 5.75 Å². The van der Waals surface area contributed by atoms with Crippen LogP contribution in [0.1, 0.15) is 25.8 Å². The molecule has 0 saturated heterocycles. The minimum Gasteiger partial charge on any atom is -0.493 e. The van der Waals surface area contributed by atoms with Gasteiger partial charge in [0.05, 0.1) is 20.3 Å². The molecule has 21 heavy (non-hydrogen) atoms. The molecule has 0 aliphatic rings. The van der Waals surface area contributed by atoms with Crippen LogP contribution < -0.4 is 10.5 Å². The molecule has 0 heterocycles. The molecule has 1 aromatic rings. The molecular weight excluding hydrogens is 268 g/mol. The Morgan fingerprint density at radius 2 is 2.05 bits per heavy atom. The van der Waals surface area contributed by atoms with Gasteiger partial charge in [-0.15, -0.1) is 0 Å². The third-order valence-electron chi connectivity index (χ3n) is 3.33. The maximum Gasteiger partial charge on any atom is 0.319 e. The molecule has 0 amide bonds. The van der Waals surface area contributed by atoms with Crippen LogP contribution in [0.4, 0.5) is 0 Å². The molecule has 5 heteroatoms. The number of benzene rings is 1. The quantitative estimate of drug-likeness (QED) is 0.556. The first-order chi connectivity index (χ1) is 10.1. The first-order valence-electron chi connectivity index (χ1n) is 7.30. The standard InChI is InChI=1S/C16H26N2O3/c1-13(2)18(12-16(19)20-3)9-6-10-21-15-8-5-4-7-14(15)11-17/h4-5,7-8,13H,6,9-12,17H2,1-3H3. The normalized spacial score (nSPS) is 11.0. The van der Waals surface area contributed by atoms with Gasteiger partial charge >= 0.3 is 5.97 Å². The summed E-state index contributed by atoms with van der Waals surface area (Å²) in [5, 5.41) is 0. The molecule has 118 valence electrons. The molecule has 0 aliphatic carbocycles. The summed E-state index contributed by atoms with van der Waals surface area (Å²) in [6.07, 6.45) is 0.841. The minimum atomic E-state index is -0.210. The molecule has 2 N–H and O–H groups in total. The number of rotatable bonds is 9. The second-order valence-corrected chi connectivity index (χ2v) is 5.15. The Kier molecular flexibility index (Phi) is 7.79. The number of methoxy groups -OCH3 is 1.